The molecule has 2 aromatic heterocycles. The molecule has 0 aliphatic heterocycles. The molecule has 0 saturated heterocycles. The number of hydrogen-bond donors (Lipinski definition) is 2. The first-order chi connectivity index (χ1) is 9.19. The average molecular weight is 277 g/mol. The molecule has 6 nitrogen and oxygen atoms in total. The summed E-state index contributed by atoms with van der Waals surface area (Å²) in [6.07, 6.45) is 3.55. The lowest BCUT2D eigenvalue weighted by atomic mass is 10.2. The van der Waals surface area contributed by atoms with Gasteiger partial charge in [0.15, 0.2) is 5.01 Å². The normalized spacial score (nSPS) is 10.7. The maximum absolute atomic E-state index is 11.3. The van der Waals surface area contributed by atoms with E-state index in [2.05, 4.69) is 20.3 Å². The number of amides is 1. The molecule has 7 heteroatoms. The van der Waals surface area contributed by atoms with Gasteiger partial charge in [0.25, 0.3) is 5.91 Å². The number of carbonyl (C=O) groups is 1. The minimum absolute atomic E-state index is 0.354. The van der Waals surface area contributed by atoms with Crippen molar-refractivity contribution < 1.29 is 4.79 Å². The summed E-state index contributed by atoms with van der Waals surface area (Å²) in [5, 5.41) is 2.25. The van der Waals surface area contributed by atoms with Gasteiger partial charge in [-0.25, -0.2) is 10.8 Å². The zero-order valence-corrected chi connectivity index (χ0v) is 11.4. The zero-order chi connectivity index (χ0) is 13.7. The Kier molecular flexibility index (Phi) is 4.56. The van der Waals surface area contributed by atoms with E-state index in [-0.39, 0.29) is 5.91 Å². The standard InChI is InChI=1S/C12H15N5OS/c1-17(6-9-2-4-14-5-3-9)7-10-8-19-12(15-10)11(18)16-13/h2-5,8H,6-7,13H2,1H3,(H,16,18). The van der Waals surface area contributed by atoms with Gasteiger partial charge in [-0.3, -0.25) is 20.1 Å². The topological polar surface area (TPSA) is 84.1 Å². The third-order valence-electron chi connectivity index (χ3n) is 2.51. The Morgan fingerprint density at radius 2 is 2.16 bits per heavy atom. The van der Waals surface area contributed by atoms with E-state index in [1.165, 1.54) is 16.9 Å². The summed E-state index contributed by atoms with van der Waals surface area (Å²) in [6, 6.07) is 3.95. The second-order valence-corrected chi connectivity index (χ2v) is 5.00. The van der Waals surface area contributed by atoms with E-state index in [0.717, 1.165) is 12.2 Å². The van der Waals surface area contributed by atoms with E-state index >= 15 is 0 Å². The number of carbonyl (C=O) groups excluding carboxylic acids is 1. The van der Waals surface area contributed by atoms with Crippen LogP contribution in [0.15, 0.2) is 29.9 Å². The summed E-state index contributed by atoms with van der Waals surface area (Å²) in [5.74, 6) is 4.71. The van der Waals surface area contributed by atoms with Gasteiger partial charge < -0.3 is 0 Å². The smallest absolute Gasteiger partial charge is 0.294 e. The summed E-state index contributed by atoms with van der Waals surface area (Å²) in [7, 11) is 2.00. The lowest BCUT2D eigenvalue weighted by Crippen LogP contribution is -2.29. The summed E-state index contributed by atoms with van der Waals surface area (Å²) in [4.78, 5) is 21.6. The number of nitrogens with one attached hydrogen (secondary N) is 1. The highest BCUT2D eigenvalue weighted by atomic mass is 32.1. The quantitative estimate of drug-likeness (QED) is 0.479. The van der Waals surface area contributed by atoms with Gasteiger partial charge in [0.1, 0.15) is 0 Å². The van der Waals surface area contributed by atoms with Crippen LogP contribution >= 0.6 is 11.3 Å². The highest BCUT2D eigenvalue weighted by molar-refractivity contribution is 7.11. The summed E-state index contributed by atoms with van der Waals surface area (Å²) in [5.41, 5.74) is 4.13. The molecule has 0 bridgehead atoms. The molecule has 2 heterocycles. The van der Waals surface area contributed by atoms with E-state index in [4.69, 9.17) is 5.84 Å². The van der Waals surface area contributed by atoms with Gasteiger partial charge in [-0.1, -0.05) is 0 Å². The van der Waals surface area contributed by atoms with Crippen LogP contribution in [-0.4, -0.2) is 27.8 Å². The third kappa shape index (κ3) is 3.82. The summed E-state index contributed by atoms with van der Waals surface area (Å²) < 4.78 is 0. The highest BCUT2D eigenvalue weighted by Crippen LogP contribution is 2.12. The molecule has 0 aliphatic rings. The maximum Gasteiger partial charge on any atom is 0.294 e. The Morgan fingerprint density at radius 1 is 1.42 bits per heavy atom. The highest BCUT2D eigenvalue weighted by Gasteiger charge is 2.10. The first-order valence-corrected chi connectivity index (χ1v) is 6.60. The van der Waals surface area contributed by atoms with Gasteiger partial charge in [0.05, 0.1) is 5.69 Å². The van der Waals surface area contributed by atoms with Crippen molar-refractivity contribution in [2.24, 2.45) is 5.84 Å². The maximum atomic E-state index is 11.3. The SMILES string of the molecule is CN(Cc1ccncc1)Cc1csc(C(=O)NN)n1. The monoisotopic (exact) mass is 277 g/mol. The van der Waals surface area contributed by atoms with Crippen molar-refractivity contribution in [2.45, 2.75) is 13.1 Å². The number of pyridine rings is 1. The number of aromatic nitrogens is 2. The Hall–Kier alpha value is -1.83. The molecule has 0 radical (unpaired) electrons. The fourth-order valence-corrected chi connectivity index (χ4v) is 2.39. The molecule has 0 saturated carbocycles. The molecule has 0 spiro atoms. The molecule has 19 heavy (non-hydrogen) atoms. The van der Waals surface area contributed by atoms with Crippen molar-refractivity contribution in [3.05, 3.63) is 46.2 Å². The van der Waals surface area contributed by atoms with Crippen LogP contribution in [-0.2, 0) is 13.1 Å². The molecule has 3 N–H and O–H groups in total. The molecule has 0 aromatic carbocycles. The number of hydrogen-bond acceptors (Lipinski definition) is 6. The van der Waals surface area contributed by atoms with Crippen LogP contribution in [0.25, 0.3) is 0 Å². The number of nitrogens with zero attached hydrogens (tertiary/aromatic N) is 3. The van der Waals surface area contributed by atoms with E-state index in [0.29, 0.717) is 11.6 Å². The predicted molar refractivity (Wildman–Crippen MR) is 73.2 cm³/mol. The van der Waals surface area contributed by atoms with Crippen LogP contribution in [0, 0.1) is 0 Å². The van der Waals surface area contributed by atoms with E-state index in [1.807, 2.05) is 24.6 Å². The van der Waals surface area contributed by atoms with Crippen LogP contribution in [0.3, 0.4) is 0 Å². The second-order valence-electron chi connectivity index (χ2n) is 4.15. The number of nitrogens with two attached hydrogens (primary N) is 1. The van der Waals surface area contributed by atoms with Crippen molar-refractivity contribution in [3.8, 4) is 0 Å². The van der Waals surface area contributed by atoms with Crippen LogP contribution in [0.4, 0.5) is 0 Å². The van der Waals surface area contributed by atoms with Crippen LogP contribution < -0.4 is 11.3 Å². The first kappa shape index (κ1) is 13.6. The van der Waals surface area contributed by atoms with E-state index in [9.17, 15) is 4.79 Å². The third-order valence-corrected chi connectivity index (χ3v) is 3.40. The predicted octanol–water partition coefficient (Wildman–Crippen LogP) is 0.774. The summed E-state index contributed by atoms with van der Waals surface area (Å²) in [6.45, 7) is 1.48. The lowest BCUT2D eigenvalue weighted by Gasteiger charge is -2.14. The first-order valence-electron chi connectivity index (χ1n) is 5.72. The van der Waals surface area contributed by atoms with Gasteiger partial charge in [0, 0.05) is 30.9 Å². The van der Waals surface area contributed by atoms with Gasteiger partial charge in [-0.15, -0.1) is 11.3 Å². The van der Waals surface area contributed by atoms with E-state index < -0.39 is 0 Å². The van der Waals surface area contributed by atoms with Crippen LogP contribution in [0.5, 0.6) is 0 Å². The molecule has 0 unspecified atom stereocenters. The molecular weight excluding hydrogens is 262 g/mol. The number of nitrogen functional groups attached to an aromatic ring is 1. The molecule has 2 aromatic rings. The number of rotatable bonds is 5. The van der Waals surface area contributed by atoms with Gasteiger partial charge in [-0.2, -0.15) is 0 Å². The Bertz CT molecular complexity index is 542. The molecule has 2 rings (SSSR count). The molecule has 0 atom stereocenters. The van der Waals surface area contributed by atoms with E-state index in [1.54, 1.807) is 12.4 Å². The number of thiazole rings is 1. The second kappa shape index (κ2) is 6.37. The van der Waals surface area contributed by atoms with Crippen molar-refractivity contribution in [3.63, 3.8) is 0 Å². The van der Waals surface area contributed by atoms with Crippen molar-refractivity contribution in [2.75, 3.05) is 7.05 Å². The lowest BCUT2D eigenvalue weighted by molar-refractivity contribution is 0.0953. The largest absolute Gasteiger partial charge is 0.296 e. The Labute approximate surface area is 115 Å². The van der Waals surface area contributed by atoms with Crippen molar-refractivity contribution in [1.82, 2.24) is 20.3 Å². The van der Waals surface area contributed by atoms with Crippen molar-refractivity contribution >= 4 is 17.2 Å². The fraction of sp³-hybridized carbons (Fsp3) is 0.250. The minimum atomic E-state index is -0.354. The molecule has 1 amide bonds. The summed E-state index contributed by atoms with van der Waals surface area (Å²) >= 11 is 1.29. The molecule has 0 fully saturated rings. The zero-order valence-electron chi connectivity index (χ0n) is 10.5. The minimum Gasteiger partial charge on any atom is -0.296 e. The molecular formula is C12H15N5OS. The van der Waals surface area contributed by atoms with Gasteiger partial charge in [0.2, 0.25) is 0 Å². The number of hydrazine groups is 1. The Morgan fingerprint density at radius 3 is 2.84 bits per heavy atom. The van der Waals surface area contributed by atoms with Crippen LogP contribution in [0.1, 0.15) is 21.1 Å². The van der Waals surface area contributed by atoms with Crippen LogP contribution in [0.2, 0.25) is 0 Å². The molecule has 0 aliphatic carbocycles. The van der Waals surface area contributed by atoms with Gasteiger partial charge >= 0.3 is 0 Å². The Balaban J connectivity index is 1.94. The average Bonchev–Trinajstić information content (AvgIpc) is 2.87. The van der Waals surface area contributed by atoms with Crippen molar-refractivity contribution in [1.29, 1.82) is 0 Å². The fourth-order valence-electron chi connectivity index (χ4n) is 1.68. The van der Waals surface area contributed by atoms with Gasteiger partial charge in [-0.05, 0) is 24.7 Å². The molecule has 100 valence electrons.